The summed E-state index contributed by atoms with van der Waals surface area (Å²) >= 11 is 6.19. The molecule has 1 aromatic heterocycles. The highest BCUT2D eigenvalue weighted by molar-refractivity contribution is 6.31. The topological polar surface area (TPSA) is 102 Å². The quantitative estimate of drug-likeness (QED) is 0.249. The molecule has 2 fully saturated rings. The molecule has 3 heterocycles. The van der Waals surface area contributed by atoms with Crippen molar-refractivity contribution < 1.29 is 14.4 Å². The summed E-state index contributed by atoms with van der Waals surface area (Å²) in [5.74, 6) is 0.466. The molecule has 0 spiro atoms. The van der Waals surface area contributed by atoms with Gasteiger partial charge in [-0.15, -0.1) is 0 Å². The molecular weight excluding hydrogens is 540 g/mol. The van der Waals surface area contributed by atoms with Crippen molar-refractivity contribution in [3.8, 4) is 0 Å². The Labute approximate surface area is 246 Å². The summed E-state index contributed by atoms with van der Waals surface area (Å²) in [6.07, 6.45) is 7.54. The van der Waals surface area contributed by atoms with E-state index in [0.717, 1.165) is 81.2 Å². The van der Waals surface area contributed by atoms with E-state index in [1.807, 2.05) is 28.9 Å². The minimum Gasteiger partial charge on any atom is -0.342 e. The lowest BCUT2D eigenvalue weighted by molar-refractivity contribution is -0.122. The molecule has 0 radical (unpaired) electrons. The SMILES string of the molecule is Cc1cc(C(=O)N[C@@H](CCCCN(C=O)[C@H]2CCCN2C)c2nc3ccc(Cl)cc3[nH]2)ccc1C(=O)N1CCCC1. The van der Waals surface area contributed by atoms with E-state index in [9.17, 15) is 14.4 Å². The number of imidazole rings is 1. The number of aryl methyl sites for hydroxylation is 1. The summed E-state index contributed by atoms with van der Waals surface area (Å²) in [6.45, 7) is 5.12. The van der Waals surface area contributed by atoms with E-state index in [1.54, 1.807) is 24.3 Å². The molecule has 2 aromatic carbocycles. The van der Waals surface area contributed by atoms with Crippen LogP contribution in [-0.2, 0) is 4.79 Å². The maximum Gasteiger partial charge on any atom is 0.254 e. The van der Waals surface area contributed by atoms with E-state index >= 15 is 0 Å². The summed E-state index contributed by atoms with van der Waals surface area (Å²) in [4.78, 5) is 52.2. The molecule has 5 rings (SSSR count). The molecule has 9 nitrogen and oxygen atoms in total. The van der Waals surface area contributed by atoms with Gasteiger partial charge in [0.2, 0.25) is 6.41 Å². The van der Waals surface area contributed by atoms with Gasteiger partial charge in [0.25, 0.3) is 11.8 Å². The number of rotatable bonds is 11. The van der Waals surface area contributed by atoms with E-state index < -0.39 is 0 Å². The zero-order chi connectivity index (χ0) is 28.9. The van der Waals surface area contributed by atoms with E-state index in [-0.39, 0.29) is 24.0 Å². The number of nitrogens with zero attached hydrogens (tertiary/aromatic N) is 4. The average Bonchev–Trinajstić information content (AvgIpc) is 3.73. The lowest BCUT2D eigenvalue weighted by Crippen LogP contribution is -2.42. The van der Waals surface area contributed by atoms with Gasteiger partial charge in [0.1, 0.15) is 5.82 Å². The molecule has 10 heteroatoms. The molecule has 0 aliphatic carbocycles. The third-order valence-corrected chi connectivity index (χ3v) is 8.60. The summed E-state index contributed by atoms with van der Waals surface area (Å²) in [6, 6.07) is 10.4. The molecule has 3 amide bonds. The standard InChI is InChI=1S/C31H39ClN6O3/c1-21-18-22(10-12-24(21)31(41)37-15-5-6-16-37)30(40)35-26(29-33-25-13-11-23(32)19-27(25)34-29)8-3-4-17-38(20-39)28-9-7-14-36(28)2/h10-13,18-20,26,28H,3-9,14-17H2,1-2H3,(H,33,34)(H,35,40)/t26-,28-/m0/s1. The molecule has 2 saturated heterocycles. The van der Waals surface area contributed by atoms with Gasteiger partial charge in [-0.2, -0.15) is 0 Å². The van der Waals surface area contributed by atoms with Crippen LogP contribution >= 0.6 is 11.6 Å². The molecule has 218 valence electrons. The van der Waals surface area contributed by atoms with Crippen LogP contribution in [0, 0.1) is 6.92 Å². The Morgan fingerprint density at radius 1 is 1.15 bits per heavy atom. The van der Waals surface area contributed by atoms with Crippen LogP contribution in [0.2, 0.25) is 5.02 Å². The molecule has 0 unspecified atom stereocenters. The van der Waals surface area contributed by atoms with Gasteiger partial charge in [0.05, 0.1) is 23.2 Å². The second-order valence-corrected chi connectivity index (χ2v) is 11.7. The number of nitrogens with one attached hydrogen (secondary N) is 2. The number of benzene rings is 2. The van der Waals surface area contributed by atoms with Gasteiger partial charge in [-0.3, -0.25) is 19.3 Å². The second kappa shape index (κ2) is 13.0. The number of carbonyl (C=O) groups is 3. The molecule has 3 aromatic rings. The van der Waals surface area contributed by atoms with Crippen molar-refractivity contribution in [1.29, 1.82) is 0 Å². The minimum absolute atomic E-state index is 0.0268. The van der Waals surface area contributed by atoms with Crippen LogP contribution in [0.15, 0.2) is 36.4 Å². The largest absolute Gasteiger partial charge is 0.342 e. The number of H-pyrrole nitrogens is 1. The first-order valence-electron chi connectivity index (χ1n) is 14.6. The fourth-order valence-electron chi connectivity index (χ4n) is 6.05. The maximum atomic E-state index is 13.5. The Bertz CT molecular complexity index is 1400. The lowest BCUT2D eigenvalue weighted by atomic mass is 10.0. The van der Waals surface area contributed by atoms with Gasteiger partial charge < -0.3 is 20.1 Å². The molecule has 0 saturated carbocycles. The normalized spacial score (nSPS) is 18.1. The van der Waals surface area contributed by atoms with Crippen LogP contribution in [0.3, 0.4) is 0 Å². The summed E-state index contributed by atoms with van der Waals surface area (Å²) < 4.78 is 0. The first-order valence-corrected chi connectivity index (χ1v) is 15.0. The Kier molecular flexibility index (Phi) is 9.25. The molecule has 41 heavy (non-hydrogen) atoms. The average molecular weight is 579 g/mol. The van der Waals surface area contributed by atoms with Crippen LogP contribution in [-0.4, -0.2) is 82.3 Å². The number of unbranched alkanes of at least 4 members (excludes halogenated alkanes) is 1. The number of hydrogen-bond acceptors (Lipinski definition) is 5. The number of aromatic nitrogens is 2. The molecular formula is C31H39ClN6O3. The van der Waals surface area contributed by atoms with Gasteiger partial charge in [0.15, 0.2) is 0 Å². The molecule has 2 atom stereocenters. The number of amides is 3. The Hall–Kier alpha value is -3.43. The van der Waals surface area contributed by atoms with Gasteiger partial charge >= 0.3 is 0 Å². The smallest absolute Gasteiger partial charge is 0.254 e. The third-order valence-electron chi connectivity index (χ3n) is 8.37. The summed E-state index contributed by atoms with van der Waals surface area (Å²) in [5, 5.41) is 3.78. The monoisotopic (exact) mass is 578 g/mol. The van der Waals surface area contributed by atoms with E-state index in [0.29, 0.717) is 34.9 Å². The predicted octanol–water partition coefficient (Wildman–Crippen LogP) is 4.91. The molecule has 2 N–H and O–H groups in total. The maximum absolute atomic E-state index is 13.5. The van der Waals surface area contributed by atoms with Crippen molar-refractivity contribution in [2.45, 2.75) is 64.1 Å². The van der Waals surface area contributed by atoms with Gasteiger partial charge in [-0.05, 0) is 107 Å². The second-order valence-electron chi connectivity index (χ2n) is 11.3. The Balaban J connectivity index is 1.28. The van der Waals surface area contributed by atoms with Crippen molar-refractivity contribution >= 4 is 40.9 Å². The third kappa shape index (κ3) is 6.73. The molecule has 0 bridgehead atoms. The number of hydrogen-bond donors (Lipinski definition) is 2. The molecule has 2 aliphatic heterocycles. The van der Waals surface area contributed by atoms with Crippen molar-refractivity contribution in [2.24, 2.45) is 0 Å². The van der Waals surface area contributed by atoms with E-state index in [4.69, 9.17) is 16.6 Å². The number of halogens is 1. The fourth-order valence-corrected chi connectivity index (χ4v) is 6.22. The highest BCUT2D eigenvalue weighted by Crippen LogP contribution is 2.25. The van der Waals surface area contributed by atoms with Crippen molar-refractivity contribution in [3.63, 3.8) is 0 Å². The first-order chi connectivity index (χ1) is 19.8. The van der Waals surface area contributed by atoms with Crippen molar-refractivity contribution in [1.82, 2.24) is 30.0 Å². The van der Waals surface area contributed by atoms with Crippen LogP contribution < -0.4 is 5.32 Å². The van der Waals surface area contributed by atoms with Crippen molar-refractivity contribution in [2.75, 3.05) is 33.2 Å². The lowest BCUT2D eigenvalue weighted by Gasteiger charge is -2.30. The number of likely N-dealkylation sites (tertiary alicyclic amines) is 2. The zero-order valence-corrected chi connectivity index (χ0v) is 24.6. The van der Waals surface area contributed by atoms with Crippen LogP contribution in [0.1, 0.15) is 83.1 Å². The van der Waals surface area contributed by atoms with Gasteiger partial charge in [-0.25, -0.2) is 4.98 Å². The minimum atomic E-state index is -0.362. The Morgan fingerprint density at radius 2 is 1.95 bits per heavy atom. The van der Waals surface area contributed by atoms with Crippen LogP contribution in [0.25, 0.3) is 11.0 Å². The highest BCUT2D eigenvalue weighted by atomic mass is 35.5. The number of carbonyl (C=O) groups excluding carboxylic acids is 3. The predicted molar refractivity (Wildman–Crippen MR) is 160 cm³/mol. The fraction of sp³-hybridized carbons (Fsp3) is 0.484. The van der Waals surface area contributed by atoms with Crippen LogP contribution in [0.4, 0.5) is 0 Å². The van der Waals surface area contributed by atoms with Gasteiger partial charge in [-0.1, -0.05) is 11.6 Å². The van der Waals surface area contributed by atoms with E-state index in [1.165, 1.54) is 0 Å². The summed E-state index contributed by atoms with van der Waals surface area (Å²) in [5.41, 5.74) is 3.52. The first kappa shape index (κ1) is 29.1. The zero-order valence-electron chi connectivity index (χ0n) is 23.9. The summed E-state index contributed by atoms with van der Waals surface area (Å²) in [7, 11) is 2.06. The number of aromatic amines is 1. The van der Waals surface area contributed by atoms with Gasteiger partial charge in [0, 0.05) is 35.8 Å². The molecule has 2 aliphatic rings. The highest BCUT2D eigenvalue weighted by Gasteiger charge is 2.27. The Morgan fingerprint density at radius 3 is 2.66 bits per heavy atom. The van der Waals surface area contributed by atoms with Crippen molar-refractivity contribution in [3.05, 3.63) is 63.9 Å². The number of fused-ring (bicyclic) bond motifs is 1. The van der Waals surface area contributed by atoms with Crippen LogP contribution in [0.5, 0.6) is 0 Å². The van der Waals surface area contributed by atoms with E-state index in [2.05, 4.69) is 22.2 Å².